The van der Waals surface area contributed by atoms with E-state index >= 15 is 0 Å². The second-order valence-electron chi connectivity index (χ2n) is 6.69. The predicted molar refractivity (Wildman–Crippen MR) is 97.1 cm³/mol. The third-order valence-electron chi connectivity index (χ3n) is 4.66. The third-order valence-corrected chi connectivity index (χ3v) is 5.16. The summed E-state index contributed by atoms with van der Waals surface area (Å²) >= 11 is 3.48. The molecule has 0 spiro atoms. The van der Waals surface area contributed by atoms with Crippen LogP contribution in [0.5, 0.6) is 0 Å². The van der Waals surface area contributed by atoms with Crippen molar-refractivity contribution in [1.82, 2.24) is 5.32 Å². The maximum Gasteiger partial charge on any atom is 0.126 e. The standard InChI is InChI=1S/C19H21BrF2N2O/c20-14-3-1-2-13(9-14)19(4-5-19)24-11-18(25)17(23)8-12-6-15(21)10-16(22)7-12/h1-3,6-7,9-10,17-18,24-25H,4-5,8,11,23H2/t17-,18+/m0/s1. The smallest absolute Gasteiger partial charge is 0.126 e. The van der Waals surface area contributed by atoms with Gasteiger partial charge in [-0.15, -0.1) is 0 Å². The molecule has 2 atom stereocenters. The fraction of sp³-hybridized carbons (Fsp3) is 0.368. The molecule has 0 amide bonds. The van der Waals surface area contributed by atoms with Gasteiger partial charge in [0.1, 0.15) is 11.6 Å². The number of hydrogen-bond donors (Lipinski definition) is 3. The van der Waals surface area contributed by atoms with Crippen LogP contribution in [0, 0.1) is 11.6 Å². The molecule has 4 N–H and O–H groups in total. The van der Waals surface area contributed by atoms with E-state index in [9.17, 15) is 13.9 Å². The zero-order valence-corrected chi connectivity index (χ0v) is 15.3. The highest BCUT2D eigenvalue weighted by molar-refractivity contribution is 9.10. The third kappa shape index (κ3) is 4.64. The molecule has 3 rings (SSSR count). The maximum atomic E-state index is 13.3. The molecule has 0 aromatic heterocycles. The summed E-state index contributed by atoms with van der Waals surface area (Å²) in [5, 5.41) is 13.7. The topological polar surface area (TPSA) is 58.3 Å². The summed E-state index contributed by atoms with van der Waals surface area (Å²) in [5.41, 5.74) is 7.52. The number of halogens is 3. The van der Waals surface area contributed by atoms with Crippen molar-refractivity contribution in [3.05, 3.63) is 69.7 Å². The molecule has 1 fully saturated rings. The van der Waals surface area contributed by atoms with Gasteiger partial charge in [0.2, 0.25) is 0 Å². The molecule has 1 saturated carbocycles. The summed E-state index contributed by atoms with van der Waals surface area (Å²) in [5.74, 6) is -1.28. The number of aliphatic hydroxyl groups excluding tert-OH is 1. The molecule has 2 aromatic carbocycles. The number of benzene rings is 2. The summed E-state index contributed by atoms with van der Waals surface area (Å²) < 4.78 is 27.5. The van der Waals surface area contributed by atoms with Crippen LogP contribution < -0.4 is 11.1 Å². The summed E-state index contributed by atoms with van der Waals surface area (Å²) in [7, 11) is 0. The number of hydrogen-bond acceptors (Lipinski definition) is 3. The number of nitrogens with one attached hydrogen (secondary N) is 1. The SMILES string of the molecule is N[C@@H](Cc1cc(F)cc(F)c1)[C@H](O)CNC1(c2cccc(Br)c2)CC1. The van der Waals surface area contributed by atoms with Gasteiger partial charge in [-0.25, -0.2) is 8.78 Å². The van der Waals surface area contributed by atoms with Crippen LogP contribution in [0.1, 0.15) is 24.0 Å². The quantitative estimate of drug-likeness (QED) is 0.656. The van der Waals surface area contributed by atoms with Crippen molar-refractivity contribution in [1.29, 1.82) is 0 Å². The first-order chi connectivity index (χ1) is 11.9. The van der Waals surface area contributed by atoms with E-state index in [0.29, 0.717) is 12.1 Å². The van der Waals surface area contributed by atoms with Crippen molar-refractivity contribution in [3.8, 4) is 0 Å². The van der Waals surface area contributed by atoms with E-state index < -0.39 is 23.8 Å². The summed E-state index contributed by atoms with van der Waals surface area (Å²) in [4.78, 5) is 0. The van der Waals surface area contributed by atoms with Crippen LogP contribution in [0.15, 0.2) is 46.9 Å². The van der Waals surface area contributed by atoms with Crippen LogP contribution in [0.2, 0.25) is 0 Å². The summed E-state index contributed by atoms with van der Waals surface area (Å²) in [6.45, 7) is 0.325. The van der Waals surface area contributed by atoms with Crippen LogP contribution in [0.25, 0.3) is 0 Å². The minimum absolute atomic E-state index is 0.116. The lowest BCUT2D eigenvalue weighted by Crippen LogP contribution is -2.45. The fourth-order valence-corrected chi connectivity index (χ4v) is 3.47. The van der Waals surface area contributed by atoms with E-state index in [1.807, 2.05) is 12.1 Å². The van der Waals surface area contributed by atoms with Crippen molar-refractivity contribution in [2.45, 2.75) is 36.9 Å². The Bertz CT molecular complexity index is 732. The van der Waals surface area contributed by atoms with Crippen molar-refractivity contribution in [2.24, 2.45) is 5.73 Å². The van der Waals surface area contributed by atoms with Crippen LogP contribution in [0.4, 0.5) is 8.78 Å². The average molecular weight is 411 g/mol. The Kier molecular flexibility index (Phi) is 5.53. The van der Waals surface area contributed by atoms with Gasteiger partial charge in [0, 0.05) is 28.7 Å². The second kappa shape index (κ2) is 7.50. The number of nitrogens with two attached hydrogens (primary N) is 1. The maximum absolute atomic E-state index is 13.3. The van der Waals surface area contributed by atoms with E-state index in [1.165, 1.54) is 17.7 Å². The van der Waals surface area contributed by atoms with E-state index in [2.05, 4.69) is 33.4 Å². The van der Waals surface area contributed by atoms with Gasteiger partial charge in [-0.2, -0.15) is 0 Å². The Morgan fingerprint density at radius 2 is 1.84 bits per heavy atom. The molecule has 0 saturated heterocycles. The van der Waals surface area contributed by atoms with Crippen molar-refractivity contribution in [3.63, 3.8) is 0 Å². The molecule has 3 nitrogen and oxygen atoms in total. The lowest BCUT2D eigenvalue weighted by molar-refractivity contribution is 0.136. The van der Waals surface area contributed by atoms with Gasteiger partial charge in [-0.05, 0) is 54.7 Å². The van der Waals surface area contributed by atoms with Gasteiger partial charge in [-0.1, -0.05) is 28.1 Å². The van der Waals surface area contributed by atoms with Gasteiger partial charge >= 0.3 is 0 Å². The van der Waals surface area contributed by atoms with Gasteiger partial charge < -0.3 is 16.2 Å². The van der Waals surface area contributed by atoms with Gasteiger partial charge in [0.05, 0.1) is 6.10 Å². The van der Waals surface area contributed by atoms with Crippen LogP contribution in [0.3, 0.4) is 0 Å². The van der Waals surface area contributed by atoms with Crippen LogP contribution >= 0.6 is 15.9 Å². The lowest BCUT2D eigenvalue weighted by Gasteiger charge is -2.24. The van der Waals surface area contributed by atoms with Gasteiger partial charge in [-0.3, -0.25) is 0 Å². The van der Waals surface area contributed by atoms with E-state index in [4.69, 9.17) is 5.73 Å². The summed E-state index contributed by atoms with van der Waals surface area (Å²) in [6, 6.07) is 10.8. The molecule has 1 aliphatic rings. The highest BCUT2D eigenvalue weighted by Gasteiger charge is 2.44. The Morgan fingerprint density at radius 1 is 1.16 bits per heavy atom. The van der Waals surface area contributed by atoms with E-state index in [-0.39, 0.29) is 12.0 Å². The van der Waals surface area contributed by atoms with Crippen LogP contribution in [-0.4, -0.2) is 23.8 Å². The highest BCUT2D eigenvalue weighted by Crippen LogP contribution is 2.45. The largest absolute Gasteiger partial charge is 0.390 e. The van der Waals surface area contributed by atoms with Crippen LogP contribution in [-0.2, 0) is 12.0 Å². The molecule has 0 bridgehead atoms. The molecule has 0 unspecified atom stereocenters. The van der Waals surface area contributed by atoms with E-state index in [1.54, 1.807) is 0 Å². The van der Waals surface area contributed by atoms with Gasteiger partial charge in [0.15, 0.2) is 0 Å². The molecule has 2 aromatic rings. The Labute approximate surface area is 154 Å². The number of aliphatic hydroxyl groups is 1. The Hall–Kier alpha value is -1.34. The molecule has 134 valence electrons. The molecular formula is C19H21BrF2N2O. The first-order valence-corrected chi connectivity index (χ1v) is 9.07. The zero-order chi connectivity index (χ0) is 18.0. The summed E-state index contributed by atoms with van der Waals surface area (Å²) in [6.07, 6.45) is 1.40. The average Bonchev–Trinajstić information content (AvgIpc) is 3.33. The minimum Gasteiger partial charge on any atom is -0.390 e. The highest BCUT2D eigenvalue weighted by atomic mass is 79.9. The van der Waals surface area contributed by atoms with Gasteiger partial charge in [0.25, 0.3) is 0 Å². The first-order valence-electron chi connectivity index (χ1n) is 8.28. The normalized spacial score (nSPS) is 18.0. The Morgan fingerprint density at radius 3 is 2.44 bits per heavy atom. The fourth-order valence-electron chi connectivity index (χ4n) is 3.07. The second-order valence-corrected chi connectivity index (χ2v) is 7.60. The molecule has 1 aliphatic carbocycles. The molecule has 25 heavy (non-hydrogen) atoms. The predicted octanol–water partition coefficient (Wildman–Crippen LogP) is 3.24. The monoisotopic (exact) mass is 410 g/mol. The molecule has 0 aliphatic heterocycles. The van der Waals surface area contributed by atoms with Crippen molar-refractivity contribution >= 4 is 15.9 Å². The first kappa shape index (κ1) is 18.5. The number of rotatable bonds is 7. The van der Waals surface area contributed by atoms with E-state index in [0.717, 1.165) is 23.4 Å². The molecule has 6 heteroatoms. The molecule has 0 radical (unpaired) electrons. The molecular weight excluding hydrogens is 390 g/mol. The molecule has 0 heterocycles. The minimum atomic E-state index is -0.809. The zero-order valence-electron chi connectivity index (χ0n) is 13.7. The lowest BCUT2D eigenvalue weighted by atomic mass is 10.0. The van der Waals surface area contributed by atoms with Crippen molar-refractivity contribution in [2.75, 3.05) is 6.54 Å². The van der Waals surface area contributed by atoms with Crippen molar-refractivity contribution < 1.29 is 13.9 Å². The Balaban J connectivity index is 1.57.